The van der Waals surface area contributed by atoms with Gasteiger partial charge in [-0.3, -0.25) is 4.79 Å². The minimum absolute atomic E-state index is 0.317. The van der Waals surface area contributed by atoms with Gasteiger partial charge >= 0.3 is 0 Å². The normalized spacial score (nSPS) is 32.1. The van der Waals surface area contributed by atoms with E-state index in [1.807, 2.05) is 6.08 Å². The monoisotopic (exact) mass is 248 g/mol. The summed E-state index contributed by atoms with van der Waals surface area (Å²) in [6, 6.07) is 0. The molecule has 1 saturated carbocycles. The van der Waals surface area contributed by atoms with E-state index in [-0.39, 0.29) is 5.41 Å². The second kappa shape index (κ2) is 4.91. The molecular weight excluding hydrogens is 224 g/mol. The van der Waals surface area contributed by atoms with E-state index in [9.17, 15) is 4.79 Å². The lowest BCUT2D eigenvalue weighted by atomic mass is 9.59. The van der Waals surface area contributed by atoms with E-state index in [1.165, 1.54) is 12.0 Å². The molecule has 2 atom stereocenters. The predicted molar refractivity (Wildman–Crippen MR) is 73.2 cm³/mol. The van der Waals surface area contributed by atoms with Crippen molar-refractivity contribution in [1.29, 1.82) is 0 Å². The first-order valence-electron chi connectivity index (χ1n) is 7.08. The van der Waals surface area contributed by atoms with Crippen LogP contribution in [0.1, 0.15) is 52.9 Å². The molecule has 2 heteroatoms. The van der Waals surface area contributed by atoms with Gasteiger partial charge in [-0.25, -0.2) is 0 Å². The van der Waals surface area contributed by atoms with Gasteiger partial charge in [0.25, 0.3) is 0 Å². The lowest BCUT2D eigenvalue weighted by Gasteiger charge is -2.43. The van der Waals surface area contributed by atoms with E-state index in [2.05, 4.69) is 20.8 Å². The minimum Gasteiger partial charge on any atom is -0.497 e. The van der Waals surface area contributed by atoms with Crippen LogP contribution in [0.15, 0.2) is 23.0 Å². The van der Waals surface area contributed by atoms with Crippen LogP contribution in [-0.4, -0.2) is 12.9 Å². The van der Waals surface area contributed by atoms with Crippen LogP contribution >= 0.6 is 0 Å². The number of hydrogen-bond acceptors (Lipinski definition) is 2. The number of carbonyl (C=O) groups excluding carboxylic acids is 1. The van der Waals surface area contributed by atoms with Crippen LogP contribution in [0.25, 0.3) is 0 Å². The molecule has 0 radical (unpaired) electrons. The number of allylic oxidation sites excluding steroid dienone is 3. The predicted octanol–water partition coefficient (Wildman–Crippen LogP) is 4.02. The van der Waals surface area contributed by atoms with Gasteiger partial charge in [-0.15, -0.1) is 0 Å². The van der Waals surface area contributed by atoms with Crippen LogP contribution in [0, 0.1) is 11.3 Å². The Bertz CT molecular complexity index is 417. The van der Waals surface area contributed by atoms with Crippen molar-refractivity contribution < 1.29 is 9.53 Å². The first kappa shape index (κ1) is 13.4. The quantitative estimate of drug-likeness (QED) is 0.754. The Kier molecular flexibility index (Phi) is 3.65. The average Bonchev–Trinajstić information content (AvgIpc) is 2.36. The van der Waals surface area contributed by atoms with Crippen LogP contribution in [0.4, 0.5) is 0 Å². The third-order valence-corrected chi connectivity index (χ3v) is 4.78. The van der Waals surface area contributed by atoms with Gasteiger partial charge in [0.1, 0.15) is 5.76 Å². The largest absolute Gasteiger partial charge is 0.497 e. The van der Waals surface area contributed by atoms with Crippen LogP contribution in [0.2, 0.25) is 0 Å². The molecule has 2 aliphatic rings. The highest BCUT2D eigenvalue weighted by molar-refractivity contribution is 6.03. The van der Waals surface area contributed by atoms with Gasteiger partial charge in [0.15, 0.2) is 5.78 Å². The van der Waals surface area contributed by atoms with Crippen molar-refractivity contribution in [2.45, 2.75) is 52.9 Å². The molecule has 0 aliphatic heterocycles. The van der Waals surface area contributed by atoms with Gasteiger partial charge in [0.05, 0.1) is 12.5 Å². The maximum atomic E-state index is 12.8. The standard InChI is InChI=1S/C16H24O2/c1-5-7-12-10-14(18-4)13-9-6-8-11(2)16(13,3)15(12)17/h10-11H,5-9H2,1-4H3/t11-,16-/m0/s1. The van der Waals surface area contributed by atoms with E-state index >= 15 is 0 Å². The van der Waals surface area contributed by atoms with E-state index < -0.39 is 0 Å². The summed E-state index contributed by atoms with van der Waals surface area (Å²) in [5.41, 5.74) is 1.87. The molecule has 2 nitrogen and oxygen atoms in total. The number of ether oxygens (including phenoxy) is 1. The smallest absolute Gasteiger partial charge is 0.169 e. The summed E-state index contributed by atoms with van der Waals surface area (Å²) in [5, 5.41) is 0. The highest BCUT2D eigenvalue weighted by Crippen LogP contribution is 2.51. The van der Waals surface area contributed by atoms with Crippen LogP contribution in [0.3, 0.4) is 0 Å². The molecule has 0 unspecified atom stereocenters. The molecule has 0 heterocycles. The summed E-state index contributed by atoms with van der Waals surface area (Å²) in [6.45, 7) is 6.45. The number of carbonyl (C=O) groups is 1. The maximum Gasteiger partial charge on any atom is 0.169 e. The van der Waals surface area contributed by atoms with Gasteiger partial charge in [-0.1, -0.05) is 20.3 Å². The zero-order valence-corrected chi connectivity index (χ0v) is 12.0. The fourth-order valence-corrected chi connectivity index (χ4v) is 3.45. The maximum absolute atomic E-state index is 12.8. The van der Waals surface area contributed by atoms with E-state index in [4.69, 9.17) is 4.74 Å². The fraction of sp³-hybridized carbons (Fsp3) is 0.688. The molecular formula is C16H24O2. The molecule has 0 amide bonds. The van der Waals surface area contributed by atoms with Gasteiger partial charge < -0.3 is 4.74 Å². The van der Waals surface area contributed by atoms with E-state index in [0.717, 1.165) is 37.0 Å². The number of methoxy groups -OCH3 is 1. The van der Waals surface area contributed by atoms with Crippen molar-refractivity contribution >= 4 is 5.78 Å². The molecule has 0 bridgehead atoms. The summed E-state index contributed by atoms with van der Waals surface area (Å²) in [4.78, 5) is 12.8. The highest BCUT2D eigenvalue weighted by Gasteiger charge is 2.48. The zero-order chi connectivity index (χ0) is 13.3. The molecule has 2 aliphatic carbocycles. The zero-order valence-electron chi connectivity index (χ0n) is 12.0. The lowest BCUT2D eigenvalue weighted by molar-refractivity contribution is -0.126. The van der Waals surface area contributed by atoms with Gasteiger partial charge in [-0.2, -0.15) is 0 Å². The Balaban J connectivity index is 2.52. The Morgan fingerprint density at radius 2 is 2.22 bits per heavy atom. The SMILES string of the molecule is CCCC1=CC(OC)=C2CCC[C@H](C)[C@]2(C)C1=O. The molecule has 0 spiro atoms. The number of ketones is 1. The number of hydrogen-bond donors (Lipinski definition) is 0. The molecule has 1 fully saturated rings. The van der Waals surface area contributed by atoms with Gasteiger partial charge in [0.2, 0.25) is 0 Å². The van der Waals surface area contributed by atoms with Crippen molar-refractivity contribution in [2.24, 2.45) is 11.3 Å². The van der Waals surface area contributed by atoms with Crippen LogP contribution in [0.5, 0.6) is 0 Å². The minimum atomic E-state index is -0.317. The third-order valence-electron chi connectivity index (χ3n) is 4.78. The van der Waals surface area contributed by atoms with Crippen molar-refractivity contribution in [2.75, 3.05) is 7.11 Å². The Hall–Kier alpha value is -1.05. The van der Waals surface area contributed by atoms with Crippen molar-refractivity contribution in [3.63, 3.8) is 0 Å². The second-order valence-corrected chi connectivity index (χ2v) is 5.79. The Morgan fingerprint density at radius 3 is 2.83 bits per heavy atom. The molecule has 2 rings (SSSR count). The summed E-state index contributed by atoms with van der Waals surface area (Å²) < 4.78 is 5.55. The first-order valence-corrected chi connectivity index (χ1v) is 7.08. The van der Waals surface area contributed by atoms with Crippen molar-refractivity contribution in [1.82, 2.24) is 0 Å². The Labute approximate surface area is 110 Å². The number of fused-ring (bicyclic) bond motifs is 1. The first-order chi connectivity index (χ1) is 8.55. The number of Topliss-reactive ketones (excluding diaryl/α,β-unsaturated/α-hetero) is 1. The molecule has 0 aromatic carbocycles. The van der Waals surface area contributed by atoms with Gasteiger partial charge in [-0.05, 0) is 55.7 Å². The molecule has 0 N–H and O–H groups in total. The van der Waals surface area contributed by atoms with Crippen LogP contribution in [-0.2, 0) is 9.53 Å². The van der Waals surface area contributed by atoms with Crippen molar-refractivity contribution in [3.8, 4) is 0 Å². The topological polar surface area (TPSA) is 26.3 Å². The third kappa shape index (κ3) is 1.82. The molecule has 0 saturated heterocycles. The summed E-state index contributed by atoms with van der Waals surface area (Å²) in [6.07, 6.45) is 7.17. The van der Waals surface area contributed by atoms with E-state index in [0.29, 0.717) is 11.7 Å². The summed E-state index contributed by atoms with van der Waals surface area (Å²) >= 11 is 0. The Morgan fingerprint density at radius 1 is 1.50 bits per heavy atom. The molecule has 18 heavy (non-hydrogen) atoms. The average molecular weight is 248 g/mol. The summed E-state index contributed by atoms with van der Waals surface area (Å²) in [7, 11) is 1.72. The fourth-order valence-electron chi connectivity index (χ4n) is 3.45. The lowest BCUT2D eigenvalue weighted by Crippen LogP contribution is -2.42. The summed E-state index contributed by atoms with van der Waals surface area (Å²) in [5.74, 6) is 1.71. The molecule has 0 aromatic rings. The van der Waals surface area contributed by atoms with Gasteiger partial charge in [0, 0.05) is 0 Å². The highest BCUT2D eigenvalue weighted by atomic mass is 16.5. The van der Waals surface area contributed by atoms with Crippen molar-refractivity contribution in [3.05, 3.63) is 23.0 Å². The second-order valence-electron chi connectivity index (χ2n) is 5.79. The number of rotatable bonds is 3. The van der Waals surface area contributed by atoms with Crippen LogP contribution < -0.4 is 0 Å². The molecule has 0 aromatic heterocycles. The van der Waals surface area contributed by atoms with E-state index in [1.54, 1.807) is 7.11 Å². The molecule has 100 valence electrons.